The van der Waals surface area contributed by atoms with E-state index < -0.39 is 0 Å². The van der Waals surface area contributed by atoms with Crippen molar-refractivity contribution in [3.05, 3.63) is 70.5 Å². The number of hydrogen-bond donors (Lipinski definition) is 3. The highest BCUT2D eigenvalue weighted by atomic mass is 127. The van der Waals surface area contributed by atoms with Gasteiger partial charge in [0.05, 0.1) is 0 Å². The van der Waals surface area contributed by atoms with Gasteiger partial charge in [0.25, 0.3) is 5.91 Å². The number of aryl methyl sites for hydroxylation is 1. The highest BCUT2D eigenvalue weighted by molar-refractivity contribution is 14.0. The van der Waals surface area contributed by atoms with E-state index in [2.05, 4.69) is 20.9 Å². The lowest BCUT2D eigenvalue weighted by Gasteiger charge is -2.20. The zero-order chi connectivity index (χ0) is 20.7. The van der Waals surface area contributed by atoms with Gasteiger partial charge >= 0.3 is 0 Å². The van der Waals surface area contributed by atoms with Crippen molar-refractivity contribution in [3.63, 3.8) is 0 Å². The summed E-state index contributed by atoms with van der Waals surface area (Å²) in [6.45, 7) is 8.57. The SMILES string of the molecule is CN=C(NCc1cccc(C(=O)NC(C)(C)C)c1)NCc1ccc(C)c(F)c1.I. The normalized spacial score (nSPS) is 11.4. The minimum absolute atomic E-state index is 0. The van der Waals surface area contributed by atoms with Crippen LogP contribution in [0.5, 0.6) is 0 Å². The molecule has 5 nitrogen and oxygen atoms in total. The monoisotopic (exact) mass is 512 g/mol. The van der Waals surface area contributed by atoms with Gasteiger partial charge in [-0.05, 0) is 62.6 Å². The third kappa shape index (κ3) is 8.39. The van der Waals surface area contributed by atoms with E-state index in [-0.39, 0.29) is 41.2 Å². The molecule has 0 heterocycles. The van der Waals surface area contributed by atoms with Crippen molar-refractivity contribution in [3.8, 4) is 0 Å². The molecule has 0 atom stereocenters. The molecule has 2 aromatic carbocycles. The number of amides is 1. The summed E-state index contributed by atoms with van der Waals surface area (Å²) in [7, 11) is 1.68. The maximum Gasteiger partial charge on any atom is 0.251 e. The molecule has 158 valence electrons. The Kier molecular flexibility index (Phi) is 9.55. The molecule has 7 heteroatoms. The van der Waals surface area contributed by atoms with Gasteiger partial charge in [0, 0.05) is 31.2 Å². The van der Waals surface area contributed by atoms with Crippen molar-refractivity contribution in [2.45, 2.75) is 46.3 Å². The fourth-order valence-electron chi connectivity index (χ4n) is 2.57. The number of benzene rings is 2. The summed E-state index contributed by atoms with van der Waals surface area (Å²) >= 11 is 0. The first-order valence-corrected chi connectivity index (χ1v) is 9.29. The smallest absolute Gasteiger partial charge is 0.251 e. The third-order valence-electron chi connectivity index (χ3n) is 4.06. The summed E-state index contributed by atoms with van der Waals surface area (Å²) in [5.74, 6) is 0.288. The molecule has 0 saturated heterocycles. The van der Waals surface area contributed by atoms with Crippen LogP contribution in [0.1, 0.15) is 47.8 Å². The number of nitrogens with one attached hydrogen (secondary N) is 3. The number of halogens is 2. The van der Waals surface area contributed by atoms with Crippen molar-refractivity contribution in [2.24, 2.45) is 4.99 Å². The first kappa shape index (κ1) is 24.9. The van der Waals surface area contributed by atoms with Crippen molar-refractivity contribution in [1.82, 2.24) is 16.0 Å². The Morgan fingerprint density at radius 3 is 2.21 bits per heavy atom. The van der Waals surface area contributed by atoms with Gasteiger partial charge in [-0.15, -0.1) is 24.0 Å². The van der Waals surface area contributed by atoms with Crippen LogP contribution in [0.2, 0.25) is 0 Å². The van der Waals surface area contributed by atoms with Gasteiger partial charge in [-0.25, -0.2) is 4.39 Å². The molecule has 1 amide bonds. The fraction of sp³-hybridized carbons (Fsp3) is 0.364. The van der Waals surface area contributed by atoms with E-state index in [0.29, 0.717) is 30.2 Å². The summed E-state index contributed by atoms with van der Waals surface area (Å²) in [5.41, 5.74) is 2.76. The van der Waals surface area contributed by atoms with E-state index in [9.17, 15) is 9.18 Å². The lowest BCUT2D eigenvalue weighted by molar-refractivity contribution is 0.0919. The number of aliphatic imine (C=N–C) groups is 1. The molecule has 0 bridgehead atoms. The van der Waals surface area contributed by atoms with Gasteiger partial charge < -0.3 is 16.0 Å². The molecule has 29 heavy (non-hydrogen) atoms. The predicted octanol–water partition coefficient (Wildman–Crippen LogP) is 4.15. The first-order chi connectivity index (χ1) is 13.2. The molecule has 0 aliphatic rings. The quantitative estimate of drug-likeness (QED) is 0.321. The van der Waals surface area contributed by atoms with Crippen LogP contribution in [0.4, 0.5) is 4.39 Å². The Balaban J connectivity index is 0.00000420. The van der Waals surface area contributed by atoms with Gasteiger partial charge in [-0.1, -0.05) is 24.3 Å². The number of carbonyl (C=O) groups excluding carboxylic acids is 1. The molecular formula is C22H30FIN4O. The molecule has 0 radical (unpaired) electrons. The lowest BCUT2D eigenvalue weighted by Crippen LogP contribution is -2.40. The van der Waals surface area contributed by atoms with Crippen LogP contribution in [-0.2, 0) is 13.1 Å². The van der Waals surface area contributed by atoms with Crippen LogP contribution in [0.25, 0.3) is 0 Å². The summed E-state index contributed by atoms with van der Waals surface area (Å²) in [6.07, 6.45) is 0. The fourth-order valence-corrected chi connectivity index (χ4v) is 2.57. The molecule has 0 unspecified atom stereocenters. The topological polar surface area (TPSA) is 65.5 Å². The second-order valence-corrected chi connectivity index (χ2v) is 7.77. The van der Waals surface area contributed by atoms with E-state index in [1.54, 1.807) is 26.1 Å². The van der Waals surface area contributed by atoms with Crippen LogP contribution in [0, 0.1) is 12.7 Å². The Labute approximate surface area is 189 Å². The van der Waals surface area contributed by atoms with E-state index in [4.69, 9.17) is 0 Å². The minimum Gasteiger partial charge on any atom is -0.352 e. The van der Waals surface area contributed by atoms with Crippen LogP contribution < -0.4 is 16.0 Å². The van der Waals surface area contributed by atoms with Gasteiger partial charge in [-0.3, -0.25) is 9.79 Å². The average Bonchev–Trinajstić information content (AvgIpc) is 2.63. The third-order valence-corrected chi connectivity index (χ3v) is 4.06. The second kappa shape index (κ2) is 11.1. The van der Waals surface area contributed by atoms with Gasteiger partial charge in [-0.2, -0.15) is 0 Å². The molecule has 0 aromatic heterocycles. The maximum atomic E-state index is 13.7. The number of guanidine groups is 1. The zero-order valence-corrected chi connectivity index (χ0v) is 19.9. The largest absolute Gasteiger partial charge is 0.352 e. The van der Waals surface area contributed by atoms with Crippen LogP contribution in [-0.4, -0.2) is 24.5 Å². The number of hydrogen-bond acceptors (Lipinski definition) is 2. The van der Waals surface area contributed by atoms with Crippen LogP contribution in [0.3, 0.4) is 0 Å². The molecule has 2 aromatic rings. The number of carbonyl (C=O) groups is 1. The second-order valence-electron chi connectivity index (χ2n) is 7.77. The Bertz CT molecular complexity index is 862. The van der Waals surface area contributed by atoms with E-state index in [1.807, 2.05) is 45.0 Å². The van der Waals surface area contributed by atoms with E-state index in [0.717, 1.165) is 11.1 Å². The highest BCUT2D eigenvalue weighted by Gasteiger charge is 2.15. The average molecular weight is 512 g/mol. The lowest BCUT2D eigenvalue weighted by atomic mass is 10.1. The summed E-state index contributed by atoms with van der Waals surface area (Å²) in [4.78, 5) is 16.5. The molecular weight excluding hydrogens is 482 g/mol. The van der Waals surface area contributed by atoms with Gasteiger partial charge in [0.15, 0.2) is 5.96 Å². The standard InChI is InChI=1S/C22H29FN4O.HI/c1-15-9-10-17(12-19(15)23)14-26-21(24-5)25-13-16-7-6-8-18(11-16)20(28)27-22(2,3)4;/h6-12H,13-14H2,1-5H3,(H,27,28)(H2,24,25,26);1H. The Hall–Kier alpha value is -2.16. The molecule has 0 spiro atoms. The minimum atomic E-state index is -0.285. The van der Waals surface area contributed by atoms with Crippen molar-refractivity contribution >= 4 is 35.8 Å². The number of nitrogens with zero attached hydrogens (tertiary/aromatic N) is 1. The molecule has 0 fully saturated rings. The first-order valence-electron chi connectivity index (χ1n) is 9.29. The van der Waals surface area contributed by atoms with Crippen LogP contribution in [0.15, 0.2) is 47.5 Å². The van der Waals surface area contributed by atoms with Crippen molar-refractivity contribution in [1.29, 1.82) is 0 Å². The van der Waals surface area contributed by atoms with Crippen LogP contribution >= 0.6 is 24.0 Å². The maximum absolute atomic E-state index is 13.7. The number of rotatable bonds is 5. The van der Waals surface area contributed by atoms with Crippen molar-refractivity contribution < 1.29 is 9.18 Å². The summed E-state index contributed by atoms with van der Waals surface area (Å²) < 4.78 is 13.7. The Morgan fingerprint density at radius 1 is 1.03 bits per heavy atom. The molecule has 0 aliphatic carbocycles. The summed E-state index contributed by atoms with van der Waals surface area (Å²) in [5, 5.41) is 9.33. The highest BCUT2D eigenvalue weighted by Crippen LogP contribution is 2.10. The predicted molar refractivity (Wildman–Crippen MR) is 127 cm³/mol. The van der Waals surface area contributed by atoms with E-state index >= 15 is 0 Å². The molecule has 0 saturated carbocycles. The van der Waals surface area contributed by atoms with E-state index in [1.165, 1.54) is 6.07 Å². The van der Waals surface area contributed by atoms with Crippen molar-refractivity contribution in [2.75, 3.05) is 7.05 Å². The van der Waals surface area contributed by atoms with Gasteiger partial charge in [0.1, 0.15) is 5.82 Å². The summed E-state index contributed by atoms with van der Waals surface area (Å²) in [6, 6.07) is 12.6. The van der Waals surface area contributed by atoms with Gasteiger partial charge in [0.2, 0.25) is 0 Å². The zero-order valence-electron chi connectivity index (χ0n) is 17.6. The molecule has 2 rings (SSSR count). The molecule has 0 aliphatic heterocycles. The Morgan fingerprint density at radius 2 is 1.66 bits per heavy atom. The molecule has 3 N–H and O–H groups in total.